The van der Waals surface area contributed by atoms with E-state index in [4.69, 9.17) is 4.74 Å². The number of carbonyl (C=O) groups excluding carboxylic acids is 2. The second-order valence-corrected chi connectivity index (χ2v) is 3.71. The zero-order valence-corrected chi connectivity index (χ0v) is 8.78. The third kappa shape index (κ3) is 2.80. The third-order valence-electron chi connectivity index (χ3n) is 2.72. The number of nitrogens with zero attached hydrogens (tertiary/aromatic N) is 1. The molecule has 0 atom stereocenters. The van der Waals surface area contributed by atoms with Gasteiger partial charge in [0.25, 0.3) is 0 Å². The van der Waals surface area contributed by atoms with Crippen LogP contribution in [-0.4, -0.2) is 43.4 Å². The highest BCUT2D eigenvalue weighted by Crippen LogP contribution is 2.19. The highest BCUT2D eigenvalue weighted by Gasteiger charge is 2.24. The summed E-state index contributed by atoms with van der Waals surface area (Å²) in [7, 11) is 3.29. The van der Waals surface area contributed by atoms with Crippen LogP contribution in [0.5, 0.6) is 0 Å². The molecule has 1 fully saturated rings. The van der Waals surface area contributed by atoms with E-state index in [0.717, 1.165) is 12.8 Å². The van der Waals surface area contributed by atoms with Crippen molar-refractivity contribution in [3.8, 4) is 0 Å². The van der Waals surface area contributed by atoms with Crippen LogP contribution < -0.4 is 0 Å². The maximum Gasteiger partial charge on any atom is 0.248 e. The van der Waals surface area contributed by atoms with Crippen molar-refractivity contribution in [2.24, 2.45) is 0 Å². The van der Waals surface area contributed by atoms with E-state index in [1.165, 1.54) is 7.11 Å². The summed E-state index contributed by atoms with van der Waals surface area (Å²) in [6, 6.07) is 0.218. The highest BCUT2D eigenvalue weighted by molar-refractivity contribution is 5.80. The third-order valence-corrected chi connectivity index (χ3v) is 2.72. The lowest BCUT2D eigenvalue weighted by Crippen LogP contribution is -2.41. The number of Topliss-reactive ketones (excluding diaryl/α,β-unsaturated/α-hetero) is 1. The SMILES string of the molecule is COCC(=O)N(C)C1CCC(=O)CC1. The van der Waals surface area contributed by atoms with Crippen LogP contribution >= 0.6 is 0 Å². The average Bonchev–Trinajstić information content (AvgIpc) is 2.18. The Kier molecular flexibility index (Phi) is 4.07. The Morgan fingerprint density at radius 1 is 1.50 bits per heavy atom. The van der Waals surface area contributed by atoms with Crippen LogP contribution in [0, 0.1) is 0 Å². The average molecular weight is 199 g/mol. The molecule has 14 heavy (non-hydrogen) atoms. The molecule has 1 aliphatic carbocycles. The van der Waals surface area contributed by atoms with Gasteiger partial charge in [-0.3, -0.25) is 9.59 Å². The molecule has 0 bridgehead atoms. The lowest BCUT2D eigenvalue weighted by molar-refractivity contribution is -0.137. The van der Waals surface area contributed by atoms with Gasteiger partial charge in [0.2, 0.25) is 5.91 Å². The summed E-state index contributed by atoms with van der Waals surface area (Å²) < 4.78 is 4.78. The van der Waals surface area contributed by atoms with E-state index in [-0.39, 0.29) is 18.6 Å². The van der Waals surface area contributed by atoms with Gasteiger partial charge >= 0.3 is 0 Å². The van der Waals surface area contributed by atoms with Crippen LogP contribution in [0.4, 0.5) is 0 Å². The first-order valence-electron chi connectivity index (χ1n) is 4.91. The van der Waals surface area contributed by atoms with Gasteiger partial charge in [0.05, 0.1) is 0 Å². The number of ketones is 1. The molecule has 1 aliphatic rings. The fourth-order valence-electron chi connectivity index (χ4n) is 1.74. The van der Waals surface area contributed by atoms with Crippen molar-refractivity contribution in [3.63, 3.8) is 0 Å². The first-order valence-corrected chi connectivity index (χ1v) is 4.91. The zero-order valence-electron chi connectivity index (χ0n) is 8.78. The largest absolute Gasteiger partial charge is 0.375 e. The molecular formula is C10H17NO3. The standard InChI is InChI=1S/C10H17NO3/c1-11(10(13)7-14-2)8-3-5-9(12)6-4-8/h8H,3-7H2,1-2H3. The molecule has 0 heterocycles. The molecule has 1 saturated carbocycles. The molecular weight excluding hydrogens is 182 g/mol. The Hall–Kier alpha value is -0.900. The maximum atomic E-state index is 11.4. The van der Waals surface area contributed by atoms with Crippen LogP contribution in [-0.2, 0) is 14.3 Å². The topological polar surface area (TPSA) is 46.6 Å². The van der Waals surface area contributed by atoms with Crippen LogP contribution in [0.25, 0.3) is 0 Å². The van der Waals surface area contributed by atoms with Crippen molar-refractivity contribution in [1.29, 1.82) is 0 Å². The van der Waals surface area contributed by atoms with E-state index in [1.807, 2.05) is 0 Å². The molecule has 0 aromatic rings. The van der Waals surface area contributed by atoms with E-state index in [0.29, 0.717) is 18.6 Å². The summed E-state index contributed by atoms with van der Waals surface area (Å²) in [5.74, 6) is 0.306. The second-order valence-electron chi connectivity index (χ2n) is 3.71. The molecule has 4 nitrogen and oxygen atoms in total. The smallest absolute Gasteiger partial charge is 0.248 e. The van der Waals surface area contributed by atoms with Crippen LogP contribution in [0.1, 0.15) is 25.7 Å². The number of rotatable bonds is 3. The lowest BCUT2D eigenvalue weighted by Gasteiger charge is -2.30. The maximum absolute atomic E-state index is 11.4. The molecule has 80 valence electrons. The zero-order chi connectivity index (χ0) is 10.6. The quantitative estimate of drug-likeness (QED) is 0.668. The Labute approximate surface area is 84.2 Å². The number of likely N-dealkylation sites (N-methyl/N-ethyl adjacent to an activating group) is 1. The molecule has 0 aromatic heterocycles. The first kappa shape index (κ1) is 11.2. The first-order chi connectivity index (χ1) is 6.65. The van der Waals surface area contributed by atoms with Crippen LogP contribution in [0.3, 0.4) is 0 Å². The fraction of sp³-hybridized carbons (Fsp3) is 0.800. The van der Waals surface area contributed by atoms with E-state index in [9.17, 15) is 9.59 Å². The van der Waals surface area contributed by atoms with E-state index in [2.05, 4.69) is 0 Å². The molecule has 0 unspecified atom stereocenters. The van der Waals surface area contributed by atoms with Crippen molar-refractivity contribution >= 4 is 11.7 Å². The van der Waals surface area contributed by atoms with Crippen molar-refractivity contribution in [3.05, 3.63) is 0 Å². The summed E-state index contributed by atoms with van der Waals surface area (Å²) in [5, 5.41) is 0. The Morgan fingerprint density at radius 3 is 2.57 bits per heavy atom. The summed E-state index contributed by atoms with van der Waals surface area (Å²) >= 11 is 0. The molecule has 0 N–H and O–H groups in total. The predicted octanol–water partition coefficient (Wildman–Crippen LogP) is 0.603. The van der Waals surface area contributed by atoms with Crippen LogP contribution in [0.2, 0.25) is 0 Å². The summed E-state index contributed by atoms with van der Waals surface area (Å²) in [6.45, 7) is 0.126. The minimum Gasteiger partial charge on any atom is -0.375 e. The lowest BCUT2D eigenvalue weighted by atomic mass is 9.93. The summed E-state index contributed by atoms with van der Waals surface area (Å²) in [6.07, 6.45) is 2.81. The van der Waals surface area contributed by atoms with E-state index < -0.39 is 0 Å². The van der Waals surface area contributed by atoms with Gasteiger partial charge in [0, 0.05) is 33.0 Å². The van der Waals surface area contributed by atoms with Gasteiger partial charge in [0.1, 0.15) is 12.4 Å². The molecule has 0 spiro atoms. The van der Waals surface area contributed by atoms with Crippen molar-refractivity contribution in [1.82, 2.24) is 4.90 Å². The Balaban J connectivity index is 2.40. The van der Waals surface area contributed by atoms with Gasteiger partial charge in [-0.05, 0) is 12.8 Å². The Bertz CT molecular complexity index is 217. The van der Waals surface area contributed by atoms with Crippen molar-refractivity contribution in [2.75, 3.05) is 20.8 Å². The number of hydrogen-bond donors (Lipinski definition) is 0. The molecule has 4 heteroatoms. The van der Waals surface area contributed by atoms with Gasteiger partial charge < -0.3 is 9.64 Å². The molecule has 0 saturated heterocycles. The fourth-order valence-corrected chi connectivity index (χ4v) is 1.74. The van der Waals surface area contributed by atoms with E-state index >= 15 is 0 Å². The molecule has 0 aliphatic heterocycles. The number of hydrogen-bond acceptors (Lipinski definition) is 3. The molecule has 0 aromatic carbocycles. The summed E-state index contributed by atoms with van der Waals surface area (Å²) in [5.41, 5.74) is 0. The summed E-state index contributed by atoms with van der Waals surface area (Å²) in [4.78, 5) is 24.1. The van der Waals surface area contributed by atoms with Gasteiger partial charge in [0.15, 0.2) is 0 Å². The molecule has 1 amide bonds. The predicted molar refractivity (Wildman–Crippen MR) is 51.9 cm³/mol. The second kappa shape index (κ2) is 5.10. The van der Waals surface area contributed by atoms with Gasteiger partial charge in [-0.1, -0.05) is 0 Å². The van der Waals surface area contributed by atoms with Crippen molar-refractivity contribution < 1.29 is 14.3 Å². The van der Waals surface area contributed by atoms with Crippen LogP contribution in [0.15, 0.2) is 0 Å². The van der Waals surface area contributed by atoms with Gasteiger partial charge in [-0.25, -0.2) is 0 Å². The van der Waals surface area contributed by atoms with E-state index in [1.54, 1.807) is 11.9 Å². The van der Waals surface area contributed by atoms with Crippen molar-refractivity contribution in [2.45, 2.75) is 31.7 Å². The minimum absolute atomic E-state index is 0.00755. The number of ether oxygens (including phenoxy) is 1. The monoisotopic (exact) mass is 199 g/mol. The normalized spacial score (nSPS) is 18.3. The van der Waals surface area contributed by atoms with Gasteiger partial charge in [-0.15, -0.1) is 0 Å². The highest BCUT2D eigenvalue weighted by atomic mass is 16.5. The molecule has 0 radical (unpaired) electrons. The van der Waals surface area contributed by atoms with Gasteiger partial charge in [-0.2, -0.15) is 0 Å². The Morgan fingerprint density at radius 2 is 2.07 bits per heavy atom. The number of carbonyl (C=O) groups is 2. The molecule has 1 rings (SSSR count). The number of amides is 1. The number of methoxy groups -OCH3 is 1. The minimum atomic E-state index is -0.00755.